The number of nitrogens with one attached hydrogen (secondary N) is 2. The maximum atomic E-state index is 13.0. The Morgan fingerprint density at radius 1 is 1.19 bits per heavy atom. The normalized spacial score (nSPS) is 16.1. The summed E-state index contributed by atoms with van der Waals surface area (Å²) in [6.07, 6.45) is 1.27. The van der Waals surface area contributed by atoms with Gasteiger partial charge in [-0.3, -0.25) is 9.69 Å². The third-order valence-electron chi connectivity index (χ3n) is 5.68. The molecule has 0 spiro atoms. The summed E-state index contributed by atoms with van der Waals surface area (Å²) in [6, 6.07) is 4.93. The number of nitrogens with zero attached hydrogens (tertiary/aromatic N) is 5. The van der Waals surface area contributed by atoms with Crippen LogP contribution in [0.2, 0.25) is 0 Å². The van der Waals surface area contributed by atoms with Crippen molar-refractivity contribution < 1.29 is 23.1 Å². The molecule has 0 radical (unpaired) electrons. The molecular weight excluding hydrogens is 506 g/mol. The summed E-state index contributed by atoms with van der Waals surface area (Å²) < 4.78 is 27.5. The SMILES string of the molecule is CC(=O)Nc1ncc(S(=O)(=O)N2CCN(C[C@H](C)Nc3nc(C)nc4c(C(=O)O)cccc34)CC2)s1. The minimum atomic E-state index is -3.69. The van der Waals surface area contributed by atoms with Crippen LogP contribution in [0.4, 0.5) is 10.9 Å². The Morgan fingerprint density at radius 2 is 1.92 bits per heavy atom. The van der Waals surface area contributed by atoms with Crippen molar-refractivity contribution in [2.24, 2.45) is 0 Å². The first-order chi connectivity index (χ1) is 17.0. The number of aryl methyl sites for hydroxylation is 1. The number of aromatic carboxylic acids is 1. The van der Waals surface area contributed by atoms with E-state index in [1.54, 1.807) is 19.1 Å². The van der Waals surface area contributed by atoms with Crippen LogP contribution in [0, 0.1) is 6.92 Å². The van der Waals surface area contributed by atoms with Crippen LogP contribution in [-0.2, 0) is 14.8 Å². The lowest BCUT2D eigenvalue weighted by molar-refractivity contribution is -0.114. The number of rotatable bonds is 8. The summed E-state index contributed by atoms with van der Waals surface area (Å²) in [5, 5.41) is 16.2. The molecule has 0 unspecified atom stereocenters. The van der Waals surface area contributed by atoms with E-state index >= 15 is 0 Å². The lowest BCUT2D eigenvalue weighted by atomic mass is 10.1. The topological polar surface area (TPSA) is 158 Å². The summed E-state index contributed by atoms with van der Waals surface area (Å²) in [4.78, 5) is 37.7. The fraction of sp³-hybridized carbons (Fsp3) is 0.409. The van der Waals surface area contributed by atoms with Gasteiger partial charge in [0.2, 0.25) is 5.91 Å². The molecule has 1 saturated heterocycles. The van der Waals surface area contributed by atoms with Gasteiger partial charge in [0.25, 0.3) is 10.0 Å². The van der Waals surface area contributed by atoms with E-state index in [4.69, 9.17) is 0 Å². The van der Waals surface area contributed by atoms with E-state index in [0.29, 0.717) is 55.3 Å². The largest absolute Gasteiger partial charge is 0.478 e. The van der Waals surface area contributed by atoms with E-state index in [9.17, 15) is 23.1 Å². The molecule has 1 atom stereocenters. The van der Waals surface area contributed by atoms with Crippen LogP contribution in [0.15, 0.2) is 28.6 Å². The number of para-hydroxylation sites is 1. The Morgan fingerprint density at radius 3 is 2.58 bits per heavy atom. The number of hydrogen-bond acceptors (Lipinski definition) is 10. The molecule has 1 aliphatic heterocycles. The number of benzene rings is 1. The molecule has 0 aliphatic carbocycles. The van der Waals surface area contributed by atoms with E-state index in [0.717, 1.165) is 11.3 Å². The lowest BCUT2D eigenvalue weighted by Gasteiger charge is -2.35. The standard InChI is InChI=1S/C22H27N7O5S2/c1-13(24-20-16-5-4-6-17(21(31)32)19(16)25-14(2)26-20)12-28-7-9-29(10-8-28)36(33,34)18-11-23-22(35-18)27-15(3)30/h4-6,11,13H,7-10,12H2,1-3H3,(H,31,32)(H,23,27,30)(H,24,25,26)/t13-/m0/s1. The molecule has 0 saturated carbocycles. The van der Waals surface area contributed by atoms with Crippen LogP contribution in [0.1, 0.15) is 30.0 Å². The van der Waals surface area contributed by atoms with Gasteiger partial charge >= 0.3 is 5.97 Å². The number of anilines is 2. The van der Waals surface area contributed by atoms with E-state index in [1.165, 1.54) is 23.5 Å². The number of sulfonamides is 1. The Balaban J connectivity index is 1.39. The van der Waals surface area contributed by atoms with Gasteiger partial charge in [0.1, 0.15) is 11.6 Å². The molecule has 2 aromatic heterocycles. The Labute approximate surface area is 212 Å². The average molecular weight is 534 g/mol. The summed E-state index contributed by atoms with van der Waals surface area (Å²) in [6.45, 7) is 7.46. The molecule has 1 aliphatic rings. The minimum absolute atomic E-state index is 0.0409. The second kappa shape index (κ2) is 10.4. The van der Waals surface area contributed by atoms with Crippen molar-refractivity contribution in [3.05, 3.63) is 35.8 Å². The molecule has 192 valence electrons. The molecule has 14 heteroatoms. The molecule has 3 aromatic rings. The van der Waals surface area contributed by atoms with Gasteiger partial charge < -0.3 is 15.7 Å². The molecule has 3 N–H and O–H groups in total. The minimum Gasteiger partial charge on any atom is -0.478 e. The molecule has 36 heavy (non-hydrogen) atoms. The number of piperazine rings is 1. The quantitative estimate of drug-likeness (QED) is 0.390. The van der Waals surface area contributed by atoms with Gasteiger partial charge in [0.15, 0.2) is 9.34 Å². The third kappa shape index (κ3) is 5.61. The van der Waals surface area contributed by atoms with Gasteiger partial charge in [0.05, 0.1) is 17.3 Å². The first-order valence-corrected chi connectivity index (χ1v) is 13.5. The second-order valence-electron chi connectivity index (χ2n) is 8.54. The van der Waals surface area contributed by atoms with Crippen LogP contribution in [0.5, 0.6) is 0 Å². The van der Waals surface area contributed by atoms with E-state index in [-0.39, 0.29) is 26.9 Å². The molecular formula is C22H27N7O5S2. The van der Waals surface area contributed by atoms with Crippen molar-refractivity contribution in [3.8, 4) is 0 Å². The van der Waals surface area contributed by atoms with Gasteiger partial charge in [-0.1, -0.05) is 17.4 Å². The fourth-order valence-corrected chi connectivity index (χ4v) is 6.73. The van der Waals surface area contributed by atoms with Crippen molar-refractivity contribution in [1.82, 2.24) is 24.2 Å². The van der Waals surface area contributed by atoms with Crippen molar-refractivity contribution >= 4 is 55.1 Å². The molecule has 1 amide bonds. The van der Waals surface area contributed by atoms with E-state index in [2.05, 4.69) is 30.5 Å². The first-order valence-electron chi connectivity index (χ1n) is 11.3. The maximum Gasteiger partial charge on any atom is 0.337 e. The molecule has 1 fully saturated rings. The summed E-state index contributed by atoms with van der Waals surface area (Å²) in [5.74, 6) is -0.323. The van der Waals surface area contributed by atoms with Gasteiger partial charge in [-0.05, 0) is 26.0 Å². The Hall–Kier alpha value is -3.20. The number of carboxylic acids is 1. The number of carboxylic acid groups (broad SMARTS) is 1. The molecule has 1 aromatic carbocycles. The second-order valence-corrected chi connectivity index (χ2v) is 11.7. The first kappa shape index (κ1) is 25.9. The maximum absolute atomic E-state index is 13.0. The van der Waals surface area contributed by atoms with Gasteiger partial charge in [-0.25, -0.2) is 28.2 Å². The zero-order valence-electron chi connectivity index (χ0n) is 20.1. The van der Waals surface area contributed by atoms with Crippen molar-refractivity contribution in [1.29, 1.82) is 0 Å². The van der Waals surface area contributed by atoms with Crippen molar-refractivity contribution in [2.75, 3.05) is 43.4 Å². The van der Waals surface area contributed by atoms with Gasteiger partial charge in [0, 0.05) is 51.1 Å². The summed E-state index contributed by atoms with van der Waals surface area (Å²) >= 11 is 0.934. The molecule has 3 heterocycles. The number of carbonyl (C=O) groups is 2. The number of hydrogen-bond donors (Lipinski definition) is 3. The molecule has 0 bridgehead atoms. The zero-order valence-corrected chi connectivity index (χ0v) is 21.7. The highest BCUT2D eigenvalue weighted by molar-refractivity contribution is 7.91. The van der Waals surface area contributed by atoms with Gasteiger partial charge in [-0.15, -0.1) is 0 Å². The highest BCUT2D eigenvalue weighted by Gasteiger charge is 2.30. The number of thiazole rings is 1. The highest BCUT2D eigenvalue weighted by atomic mass is 32.2. The Kier molecular flexibility index (Phi) is 7.49. The smallest absolute Gasteiger partial charge is 0.337 e. The number of amides is 1. The summed E-state index contributed by atoms with van der Waals surface area (Å²) in [5.41, 5.74) is 0.506. The van der Waals surface area contributed by atoms with Crippen LogP contribution < -0.4 is 10.6 Å². The fourth-order valence-electron chi connectivity index (χ4n) is 4.08. The van der Waals surface area contributed by atoms with E-state index < -0.39 is 16.0 Å². The predicted octanol–water partition coefficient (Wildman–Crippen LogP) is 1.86. The van der Waals surface area contributed by atoms with Crippen LogP contribution in [0.25, 0.3) is 10.9 Å². The lowest BCUT2D eigenvalue weighted by Crippen LogP contribution is -2.50. The zero-order chi connectivity index (χ0) is 26.0. The van der Waals surface area contributed by atoms with Crippen molar-refractivity contribution in [3.63, 3.8) is 0 Å². The van der Waals surface area contributed by atoms with Crippen LogP contribution in [0.3, 0.4) is 0 Å². The Bertz CT molecular complexity index is 1400. The monoisotopic (exact) mass is 533 g/mol. The highest BCUT2D eigenvalue weighted by Crippen LogP contribution is 2.27. The predicted molar refractivity (Wildman–Crippen MR) is 136 cm³/mol. The van der Waals surface area contributed by atoms with Crippen LogP contribution >= 0.6 is 11.3 Å². The van der Waals surface area contributed by atoms with Crippen molar-refractivity contribution in [2.45, 2.75) is 31.0 Å². The number of aromatic nitrogens is 3. The third-order valence-corrected chi connectivity index (χ3v) is 8.92. The number of carbonyl (C=O) groups excluding carboxylic acids is 1. The van der Waals surface area contributed by atoms with E-state index in [1.807, 2.05) is 6.92 Å². The average Bonchev–Trinajstić information content (AvgIpc) is 3.27. The van der Waals surface area contributed by atoms with Gasteiger partial charge in [-0.2, -0.15) is 4.31 Å². The molecule has 12 nitrogen and oxygen atoms in total. The number of fused-ring (bicyclic) bond motifs is 1. The molecule has 4 rings (SSSR count). The van der Waals surface area contributed by atoms with Crippen LogP contribution in [-0.4, -0.2) is 88.3 Å². The summed E-state index contributed by atoms with van der Waals surface area (Å²) in [7, 11) is -3.69.